The number of rotatable bonds is 2. The minimum absolute atomic E-state index is 0.0141. The summed E-state index contributed by atoms with van der Waals surface area (Å²) in [6, 6.07) is 4.99. The van der Waals surface area contributed by atoms with Crippen molar-refractivity contribution >= 4 is 11.8 Å². The maximum Gasteiger partial charge on any atom is 0.412 e. The third-order valence-corrected chi connectivity index (χ3v) is 3.92. The second-order valence-electron chi connectivity index (χ2n) is 7.23. The monoisotopic (exact) mass is 292 g/mol. The van der Waals surface area contributed by atoms with Gasteiger partial charge in [0.25, 0.3) is 0 Å². The number of nitrogens with one attached hydrogen (secondary N) is 1. The minimum atomic E-state index is -0.551. The van der Waals surface area contributed by atoms with E-state index < -0.39 is 11.7 Å². The van der Waals surface area contributed by atoms with Gasteiger partial charge in [0.15, 0.2) is 0 Å². The fourth-order valence-corrected chi connectivity index (χ4v) is 2.57. The van der Waals surface area contributed by atoms with Crippen molar-refractivity contribution in [2.45, 2.75) is 52.2 Å². The lowest BCUT2D eigenvalue weighted by Crippen LogP contribution is -2.27. The van der Waals surface area contributed by atoms with Gasteiger partial charge in [0, 0.05) is 23.2 Å². The van der Waals surface area contributed by atoms with E-state index in [1.807, 2.05) is 0 Å². The number of hydrogen-bond donors (Lipinski definition) is 3. The summed E-state index contributed by atoms with van der Waals surface area (Å²) in [6.45, 7) is 9.55. The van der Waals surface area contributed by atoms with E-state index in [-0.39, 0.29) is 23.1 Å². The molecule has 5 nitrogen and oxygen atoms in total. The maximum absolute atomic E-state index is 11.8. The molecule has 0 radical (unpaired) electrons. The summed E-state index contributed by atoms with van der Waals surface area (Å²) in [5.74, 6) is 0.300. The highest BCUT2D eigenvalue weighted by Crippen LogP contribution is 2.59. The number of phenolic OH excluding ortho intramolecular Hbond substituents is 1. The maximum atomic E-state index is 11.8. The quantitative estimate of drug-likeness (QED) is 0.731. The predicted molar refractivity (Wildman–Crippen MR) is 82.5 cm³/mol. The first-order valence-electron chi connectivity index (χ1n) is 7.11. The van der Waals surface area contributed by atoms with Crippen LogP contribution in [-0.4, -0.2) is 22.8 Å². The van der Waals surface area contributed by atoms with Crippen LogP contribution in [0, 0.1) is 5.41 Å². The Balaban J connectivity index is 2.15. The summed E-state index contributed by atoms with van der Waals surface area (Å²) < 4.78 is 5.21. The lowest BCUT2D eigenvalue weighted by molar-refractivity contribution is 0.0636. The van der Waals surface area contributed by atoms with E-state index in [1.165, 1.54) is 0 Å². The molecule has 1 aromatic rings. The zero-order chi connectivity index (χ0) is 16.0. The number of benzene rings is 1. The van der Waals surface area contributed by atoms with Crippen molar-refractivity contribution < 1.29 is 14.6 Å². The standard InChI is InChI=1S/C16H24N2O3/c1-15(2,3)21-14(20)18-9-6-7-11(19)10(8-9)12-13(17)16(12,4)5/h6-8,12-13,19H,17H2,1-5H3,(H,18,20)/t12-,13-/m0/s1. The molecule has 2 atom stereocenters. The number of anilines is 1. The fourth-order valence-electron chi connectivity index (χ4n) is 2.57. The molecule has 1 aromatic carbocycles. The summed E-state index contributed by atoms with van der Waals surface area (Å²) >= 11 is 0. The number of carbonyl (C=O) groups excluding carboxylic acids is 1. The summed E-state index contributed by atoms with van der Waals surface area (Å²) in [5.41, 5.74) is 6.82. The first-order chi connectivity index (χ1) is 9.52. The third kappa shape index (κ3) is 3.29. The number of ether oxygens (including phenoxy) is 1. The van der Waals surface area contributed by atoms with Crippen molar-refractivity contribution in [3.8, 4) is 5.75 Å². The van der Waals surface area contributed by atoms with Crippen LogP contribution < -0.4 is 11.1 Å². The average molecular weight is 292 g/mol. The highest BCUT2D eigenvalue weighted by atomic mass is 16.6. The lowest BCUT2D eigenvalue weighted by atomic mass is 10.0. The van der Waals surface area contributed by atoms with E-state index in [0.717, 1.165) is 5.56 Å². The van der Waals surface area contributed by atoms with Gasteiger partial charge in [-0.2, -0.15) is 0 Å². The minimum Gasteiger partial charge on any atom is -0.508 e. The SMILES string of the molecule is CC(C)(C)OC(=O)Nc1ccc(O)c([C@H]2[C@H](N)C2(C)C)c1. The molecular formula is C16H24N2O3. The molecule has 116 valence electrons. The van der Waals surface area contributed by atoms with Crippen LogP contribution in [0.25, 0.3) is 0 Å². The van der Waals surface area contributed by atoms with Gasteiger partial charge >= 0.3 is 6.09 Å². The summed E-state index contributed by atoms with van der Waals surface area (Å²) in [4.78, 5) is 11.8. The highest BCUT2D eigenvalue weighted by molar-refractivity contribution is 5.85. The molecule has 1 amide bonds. The van der Waals surface area contributed by atoms with Crippen molar-refractivity contribution in [1.29, 1.82) is 0 Å². The molecule has 0 spiro atoms. The Hall–Kier alpha value is -1.75. The first-order valence-corrected chi connectivity index (χ1v) is 7.11. The third-order valence-electron chi connectivity index (χ3n) is 3.92. The number of aromatic hydroxyl groups is 1. The summed E-state index contributed by atoms with van der Waals surface area (Å²) in [6.07, 6.45) is -0.515. The number of nitrogens with two attached hydrogens (primary N) is 1. The van der Waals surface area contributed by atoms with Crippen LogP contribution in [0.15, 0.2) is 18.2 Å². The van der Waals surface area contributed by atoms with Gasteiger partial charge in [-0.25, -0.2) is 4.79 Å². The molecule has 0 saturated heterocycles. The molecule has 1 aliphatic carbocycles. The fraction of sp³-hybridized carbons (Fsp3) is 0.562. The van der Waals surface area contributed by atoms with E-state index in [2.05, 4.69) is 19.2 Å². The number of phenols is 1. The largest absolute Gasteiger partial charge is 0.508 e. The van der Waals surface area contributed by atoms with Crippen LogP contribution in [0.5, 0.6) is 5.75 Å². The Labute approximate surface area is 125 Å². The molecule has 1 fully saturated rings. The molecule has 5 heteroatoms. The van der Waals surface area contributed by atoms with Gasteiger partial charge in [0.1, 0.15) is 11.4 Å². The van der Waals surface area contributed by atoms with E-state index in [1.54, 1.807) is 39.0 Å². The van der Waals surface area contributed by atoms with Crippen molar-refractivity contribution in [2.75, 3.05) is 5.32 Å². The van der Waals surface area contributed by atoms with Crippen molar-refractivity contribution in [3.05, 3.63) is 23.8 Å². The van der Waals surface area contributed by atoms with E-state index in [9.17, 15) is 9.90 Å². The van der Waals surface area contributed by atoms with Gasteiger partial charge in [0.2, 0.25) is 0 Å². The van der Waals surface area contributed by atoms with E-state index in [4.69, 9.17) is 10.5 Å². The molecule has 0 unspecified atom stereocenters. The molecule has 0 bridgehead atoms. The van der Waals surface area contributed by atoms with E-state index >= 15 is 0 Å². The molecule has 4 N–H and O–H groups in total. The molecule has 0 heterocycles. The number of amides is 1. The molecule has 0 aliphatic heterocycles. The normalized spacial score (nSPS) is 23.5. The Morgan fingerprint density at radius 3 is 2.43 bits per heavy atom. The van der Waals surface area contributed by atoms with Gasteiger partial charge < -0.3 is 15.6 Å². The Morgan fingerprint density at radius 2 is 1.95 bits per heavy atom. The molecule has 0 aromatic heterocycles. The average Bonchev–Trinajstić information content (AvgIpc) is 2.78. The molecular weight excluding hydrogens is 268 g/mol. The van der Waals surface area contributed by atoms with E-state index in [0.29, 0.717) is 5.69 Å². The van der Waals surface area contributed by atoms with Gasteiger partial charge in [-0.15, -0.1) is 0 Å². The van der Waals surface area contributed by atoms with Crippen LogP contribution in [0.2, 0.25) is 0 Å². The van der Waals surface area contributed by atoms with Crippen molar-refractivity contribution in [3.63, 3.8) is 0 Å². The zero-order valence-corrected chi connectivity index (χ0v) is 13.2. The van der Waals surface area contributed by atoms with Crippen LogP contribution >= 0.6 is 0 Å². The summed E-state index contributed by atoms with van der Waals surface area (Å²) in [7, 11) is 0. The van der Waals surface area contributed by atoms with Gasteiger partial charge in [-0.1, -0.05) is 13.8 Å². The van der Waals surface area contributed by atoms with Gasteiger partial charge in [-0.05, 0) is 44.4 Å². The van der Waals surface area contributed by atoms with Crippen LogP contribution in [-0.2, 0) is 4.74 Å². The zero-order valence-electron chi connectivity index (χ0n) is 13.2. The molecule has 1 aliphatic rings. The molecule has 21 heavy (non-hydrogen) atoms. The summed E-state index contributed by atoms with van der Waals surface area (Å²) in [5, 5.41) is 12.7. The van der Waals surface area contributed by atoms with Crippen LogP contribution in [0.3, 0.4) is 0 Å². The molecule has 2 rings (SSSR count). The number of hydrogen-bond acceptors (Lipinski definition) is 4. The topological polar surface area (TPSA) is 84.6 Å². The highest BCUT2D eigenvalue weighted by Gasteiger charge is 2.57. The van der Waals surface area contributed by atoms with Crippen molar-refractivity contribution in [2.24, 2.45) is 11.1 Å². The van der Waals surface area contributed by atoms with Crippen molar-refractivity contribution in [1.82, 2.24) is 0 Å². The Kier molecular flexibility index (Phi) is 3.66. The first kappa shape index (κ1) is 15.6. The second-order valence-corrected chi connectivity index (χ2v) is 7.23. The smallest absolute Gasteiger partial charge is 0.412 e. The van der Waals surface area contributed by atoms with Crippen LogP contribution in [0.1, 0.15) is 46.1 Å². The van der Waals surface area contributed by atoms with Crippen LogP contribution in [0.4, 0.5) is 10.5 Å². The van der Waals surface area contributed by atoms with Gasteiger partial charge in [-0.3, -0.25) is 5.32 Å². The predicted octanol–water partition coefficient (Wildman–Crippen LogP) is 3.19. The van der Waals surface area contributed by atoms with Gasteiger partial charge in [0.05, 0.1) is 0 Å². The Bertz CT molecular complexity index is 561. The molecule has 1 saturated carbocycles. The Morgan fingerprint density at radius 1 is 1.38 bits per heavy atom. The number of carbonyl (C=O) groups is 1. The second kappa shape index (κ2) is 4.91. The lowest BCUT2D eigenvalue weighted by Gasteiger charge is -2.20.